The number of anilines is 1. The van der Waals surface area contributed by atoms with Crippen LogP contribution in [0.1, 0.15) is 25.1 Å². The first-order valence-corrected chi connectivity index (χ1v) is 8.19. The van der Waals surface area contributed by atoms with E-state index >= 15 is 0 Å². The molecule has 4 nitrogen and oxygen atoms in total. The van der Waals surface area contributed by atoms with E-state index in [1.54, 1.807) is 0 Å². The quantitative estimate of drug-likeness (QED) is 0.921. The molecule has 0 spiro atoms. The monoisotopic (exact) mass is 314 g/mol. The number of rotatable bonds is 5. The van der Waals surface area contributed by atoms with E-state index in [0.717, 1.165) is 19.6 Å². The average Bonchev–Trinajstić information content (AvgIpc) is 2.90. The molecule has 1 N–H and O–H groups in total. The van der Waals surface area contributed by atoms with E-state index in [9.17, 15) is 4.39 Å². The fourth-order valence-corrected chi connectivity index (χ4v) is 3.15. The van der Waals surface area contributed by atoms with Gasteiger partial charge in [0.05, 0.1) is 5.69 Å². The number of aryl methyl sites for hydroxylation is 1. The fraction of sp³-hybridized carbons (Fsp3) is 0.444. The predicted octanol–water partition coefficient (Wildman–Crippen LogP) is 3.11. The number of benzene rings is 1. The van der Waals surface area contributed by atoms with Gasteiger partial charge >= 0.3 is 0 Å². The van der Waals surface area contributed by atoms with Gasteiger partial charge < -0.3 is 5.32 Å². The highest BCUT2D eigenvalue weighted by Crippen LogP contribution is 2.23. The molecule has 2 heterocycles. The molecule has 122 valence electrons. The Hall–Kier alpha value is -2.01. The molecule has 0 radical (unpaired) electrons. The molecular weight excluding hydrogens is 291 g/mol. The molecule has 23 heavy (non-hydrogen) atoms. The van der Waals surface area contributed by atoms with Gasteiger partial charge in [-0.15, -0.1) is 0 Å². The Balaban J connectivity index is 1.65. The number of nitrogens with zero attached hydrogens (tertiary/aromatic N) is 3. The fourth-order valence-electron chi connectivity index (χ4n) is 3.15. The van der Waals surface area contributed by atoms with Crippen molar-refractivity contribution in [2.75, 3.05) is 18.4 Å². The highest BCUT2D eigenvalue weighted by atomic mass is 19.1. The molecule has 1 aliphatic rings. The maximum Gasteiger partial charge on any atom is 0.186 e. The average molecular weight is 314 g/mol. The highest BCUT2D eigenvalue weighted by Gasteiger charge is 2.30. The Bertz CT molecular complexity index is 647. The minimum Gasteiger partial charge on any atom is -0.363 e. The molecule has 0 aliphatic carbocycles. The smallest absolute Gasteiger partial charge is 0.186 e. The van der Waals surface area contributed by atoms with E-state index in [4.69, 9.17) is 0 Å². The molecule has 1 fully saturated rings. The normalized spacial score (nSPS) is 21.5. The van der Waals surface area contributed by atoms with Crippen LogP contribution in [0.2, 0.25) is 0 Å². The molecule has 3 rings (SSSR count). The van der Waals surface area contributed by atoms with Crippen molar-refractivity contribution in [3.63, 3.8) is 0 Å². The Morgan fingerprint density at radius 1 is 1.22 bits per heavy atom. The minimum absolute atomic E-state index is 0.202. The molecule has 2 aromatic rings. The Labute approximate surface area is 136 Å². The molecule has 5 heteroatoms. The molecule has 0 amide bonds. The van der Waals surface area contributed by atoms with Gasteiger partial charge in [-0.2, -0.15) is 0 Å². The Morgan fingerprint density at radius 2 is 2.00 bits per heavy atom. The number of nitrogens with one attached hydrogen (secondary N) is 1. The third kappa shape index (κ3) is 3.67. The van der Waals surface area contributed by atoms with Crippen molar-refractivity contribution in [1.29, 1.82) is 0 Å². The van der Waals surface area contributed by atoms with Gasteiger partial charge in [0.1, 0.15) is 6.33 Å². The molecule has 0 saturated carbocycles. The van der Waals surface area contributed by atoms with E-state index in [1.807, 2.05) is 13.0 Å². The maximum atomic E-state index is 14.3. The summed E-state index contributed by atoms with van der Waals surface area (Å²) < 4.78 is 14.3. The molecule has 0 bridgehead atoms. The largest absolute Gasteiger partial charge is 0.363 e. The molecule has 2 unspecified atom stereocenters. The zero-order valence-corrected chi connectivity index (χ0v) is 13.7. The SMILES string of the molecule is CCc1ncnc(NC2CN(Cc3ccccc3)CC2C)c1F. The van der Waals surface area contributed by atoms with E-state index in [0.29, 0.717) is 23.9 Å². The standard InChI is InChI=1S/C18H23FN4/c1-3-15-17(19)18(21-12-20-15)22-16-11-23(9-13(16)2)10-14-7-5-4-6-8-14/h4-8,12-13,16H,3,9-11H2,1-2H3,(H,20,21,22). The van der Waals surface area contributed by atoms with E-state index in [-0.39, 0.29) is 11.9 Å². The molecule has 1 aromatic carbocycles. The number of halogens is 1. The third-order valence-electron chi connectivity index (χ3n) is 4.46. The first kappa shape index (κ1) is 15.9. The van der Waals surface area contributed by atoms with Gasteiger partial charge in [0.25, 0.3) is 0 Å². The zero-order chi connectivity index (χ0) is 16.2. The van der Waals surface area contributed by atoms with Crippen molar-refractivity contribution in [2.24, 2.45) is 5.92 Å². The predicted molar refractivity (Wildman–Crippen MR) is 89.7 cm³/mol. The van der Waals surface area contributed by atoms with Gasteiger partial charge in [0.2, 0.25) is 0 Å². The van der Waals surface area contributed by atoms with Crippen LogP contribution < -0.4 is 5.32 Å². The number of hydrogen-bond acceptors (Lipinski definition) is 4. The number of likely N-dealkylation sites (tertiary alicyclic amines) is 1. The van der Waals surface area contributed by atoms with Crippen molar-refractivity contribution in [3.05, 3.63) is 53.7 Å². The second kappa shape index (κ2) is 7.04. The van der Waals surface area contributed by atoms with E-state index in [1.165, 1.54) is 11.9 Å². The number of hydrogen-bond donors (Lipinski definition) is 1. The van der Waals surface area contributed by atoms with Gasteiger partial charge in [0, 0.05) is 25.7 Å². The van der Waals surface area contributed by atoms with Crippen LogP contribution in [0, 0.1) is 11.7 Å². The van der Waals surface area contributed by atoms with Crippen LogP contribution in [0.5, 0.6) is 0 Å². The Morgan fingerprint density at radius 3 is 2.74 bits per heavy atom. The molecule has 2 atom stereocenters. The van der Waals surface area contributed by atoms with Crippen LogP contribution in [0.25, 0.3) is 0 Å². The Kier molecular flexibility index (Phi) is 4.86. The molecule has 1 aromatic heterocycles. The van der Waals surface area contributed by atoms with Gasteiger partial charge in [-0.25, -0.2) is 14.4 Å². The van der Waals surface area contributed by atoms with Crippen LogP contribution in [0.4, 0.5) is 10.2 Å². The van der Waals surface area contributed by atoms with Gasteiger partial charge in [-0.05, 0) is 17.9 Å². The van der Waals surface area contributed by atoms with Crippen molar-refractivity contribution < 1.29 is 4.39 Å². The minimum atomic E-state index is -0.316. The van der Waals surface area contributed by atoms with Crippen molar-refractivity contribution in [3.8, 4) is 0 Å². The highest BCUT2D eigenvalue weighted by molar-refractivity contribution is 5.39. The van der Waals surface area contributed by atoms with Crippen molar-refractivity contribution >= 4 is 5.82 Å². The molecule has 1 saturated heterocycles. The molecule has 1 aliphatic heterocycles. The number of aromatic nitrogens is 2. The van der Waals surface area contributed by atoms with Crippen LogP contribution in [0.3, 0.4) is 0 Å². The summed E-state index contributed by atoms with van der Waals surface area (Å²) in [5, 5.41) is 3.28. The maximum absolute atomic E-state index is 14.3. The van der Waals surface area contributed by atoms with Gasteiger partial charge in [-0.3, -0.25) is 4.90 Å². The van der Waals surface area contributed by atoms with Crippen LogP contribution >= 0.6 is 0 Å². The zero-order valence-electron chi connectivity index (χ0n) is 13.7. The van der Waals surface area contributed by atoms with Crippen LogP contribution in [0.15, 0.2) is 36.7 Å². The summed E-state index contributed by atoms with van der Waals surface area (Å²) in [5.41, 5.74) is 1.77. The molecular formula is C18H23FN4. The summed E-state index contributed by atoms with van der Waals surface area (Å²) in [5.74, 6) is 0.456. The first-order chi connectivity index (χ1) is 11.2. The lowest BCUT2D eigenvalue weighted by Crippen LogP contribution is -2.29. The second-order valence-corrected chi connectivity index (χ2v) is 6.24. The van der Waals surface area contributed by atoms with E-state index in [2.05, 4.69) is 51.4 Å². The van der Waals surface area contributed by atoms with E-state index < -0.39 is 0 Å². The summed E-state index contributed by atoms with van der Waals surface area (Å²) in [7, 11) is 0. The van der Waals surface area contributed by atoms with Crippen molar-refractivity contribution in [1.82, 2.24) is 14.9 Å². The lowest BCUT2D eigenvalue weighted by molar-refractivity contribution is 0.319. The van der Waals surface area contributed by atoms with Crippen LogP contribution in [-0.4, -0.2) is 34.0 Å². The first-order valence-electron chi connectivity index (χ1n) is 8.19. The van der Waals surface area contributed by atoms with Crippen LogP contribution in [-0.2, 0) is 13.0 Å². The van der Waals surface area contributed by atoms with Crippen molar-refractivity contribution in [2.45, 2.75) is 32.9 Å². The summed E-state index contributed by atoms with van der Waals surface area (Å²) in [6.07, 6.45) is 2.01. The summed E-state index contributed by atoms with van der Waals surface area (Å²) in [4.78, 5) is 10.5. The summed E-state index contributed by atoms with van der Waals surface area (Å²) in [6.45, 7) is 6.91. The van der Waals surface area contributed by atoms with Gasteiger partial charge in [-0.1, -0.05) is 44.2 Å². The topological polar surface area (TPSA) is 41.1 Å². The van der Waals surface area contributed by atoms with Gasteiger partial charge in [0.15, 0.2) is 11.6 Å². The summed E-state index contributed by atoms with van der Waals surface area (Å²) in [6, 6.07) is 10.6. The second-order valence-electron chi connectivity index (χ2n) is 6.24. The lowest BCUT2D eigenvalue weighted by Gasteiger charge is -2.18. The summed E-state index contributed by atoms with van der Waals surface area (Å²) >= 11 is 0. The third-order valence-corrected chi connectivity index (χ3v) is 4.46. The lowest BCUT2D eigenvalue weighted by atomic mass is 10.1.